The Hall–Kier alpha value is -1.36. The molecule has 1 aromatic heterocycles. The third kappa shape index (κ3) is 3.56. The molecule has 0 saturated heterocycles. The SMILES string of the molecule is COCCNCc1cccc2c1ccn2CCCO. The highest BCUT2D eigenvalue weighted by Crippen LogP contribution is 2.20. The van der Waals surface area contributed by atoms with Crippen LogP contribution in [0.3, 0.4) is 0 Å². The molecule has 0 aliphatic heterocycles. The quantitative estimate of drug-likeness (QED) is 0.713. The van der Waals surface area contributed by atoms with Gasteiger partial charge in [0.05, 0.1) is 6.61 Å². The molecule has 4 nitrogen and oxygen atoms in total. The zero-order valence-corrected chi connectivity index (χ0v) is 11.4. The van der Waals surface area contributed by atoms with Gasteiger partial charge in [-0.05, 0) is 24.1 Å². The van der Waals surface area contributed by atoms with E-state index in [1.165, 1.54) is 16.5 Å². The topological polar surface area (TPSA) is 46.4 Å². The van der Waals surface area contributed by atoms with Crippen molar-refractivity contribution >= 4 is 10.9 Å². The van der Waals surface area contributed by atoms with Crippen molar-refractivity contribution in [2.24, 2.45) is 0 Å². The Morgan fingerprint density at radius 1 is 1.32 bits per heavy atom. The third-order valence-electron chi connectivity index (χ3n) is 3.26. The standard InChI is InChI=1S/C15H22N2O2/c1-19-11-7-16-12-13-4-2-5-15-14(13)6-9-17(15)8-3-10-18/h2,4-6,9,16,18H,3,7-8,10-12H2,1H3. The summed E-state index contributed by atoms with van der Waals surface area (Å²) < 4.78 is 7.22. The van der Waals surface area contributed by atoms with Crippen molar-refractivity contribution in [1.29, 1.82) is 0 Å². The van der Waals surface area contributed by atoms with Gasteiger partial charge >= 0.3 is 0 Å². The number of nitrogens with one attached hydrogen (secondary N) is 1. The average Bonchev–Trinajstić information content (AvgIpc) is 2.85. The van der Waals surface area contributed by atoms with E-state index in [4.69, 9.17) is 9.84 Å². The van der Waals surface area contributed by atoms with Gasteiger partial charge in [-0.2, -0.15) is 0 Å². The first-order valence-electron chi connectivity index (χ1n) is 6.74. The van der Waals surface area contributed by atoms with Gasteiger partial charge in [-0.25, -0.2) is 0 Å². The molecule has 0 unspecified atom stereocenters. The van der Waals surface area contributed by atoms with Crippen molar-refractivity contribution < 1.29 is 9.84 Å². The first-order chi connectivity index (χ1) is 9.36. The molecule has 0 atom stereocenters. The highest BCUT2D eigenvalue weighted by molar-refractivity contribution is 5.83. The van der Waals surface area contributed by atoms with E-state index in [9.17, 15) is 0 Å². The van der Waals surface area contributed by atoms with Crippen LogP contribution in [0.1, 0.15) is 12.0 Å². The fourth-order valence-electron chi connectivity index (χ4n) is 2.27. The molecule has 0 radical (unpaired) electrons. The van der Waals surface area contributed by atoms with Crippen molar-refractivity contribution in [3.8, 4) is 0 Å². The van der Waals surface area contributed by atoms with Gasteiger partial charge in [-0.15, -0.1) is 0 Å². The molecule has 0 saturated carbocycles. The maximum absolute atomic E-state index is 8.92. The minimum atomic E-state index is 0.234. The van der Waals surface area contributed by atoms with E-state index in [0.717, 1.165) is 32.7 Å². The maximum atomic E-state index is 8.92. The van der Waals surface area contributed by atoms with Crippen LogP contribution < -0.4 is 5.32 Å². The van der Waals surface area contributed by atoms with Gasteiger partial charge in [-0.3, -0.25) is 0 Å². The van der Waals surface area contributed by atoms with Crippen LogP contribution in [-0.2, 0) is 17.8 Å². The van der Waals surface area contributed by atoms with Gasteiger partial charge in [0.1, 0.15) is 0 Å². The fourth-order valence-corrected chi connectivity index (χ4v) is 2.27. The molecule has 19 heavy (non-hydrogen) atoms. The Kier molecular flexibility index (Phi) is 5.39. The summed E-state index contributed by atoms with van der Waals surface area (Å²) >= 11 is 0. The van der Waals surface area contributed by atoms with Gasteiger partial charge < -0.3 is 19.7 Å². The van der Waals surface area contributed by atoms with Crippen molar-refractivity contribution in [2.75, 3.05) is 26.9 Å². The van der Waals surface area contributed by atoms with E-state index >= 15 is 0 Å². The summed E-state index contributed by atoms with van der Waals surface area (Å²) in [4.78, 5) is 0. The molecule has 0 amide bonds. The minimum Gasteiger partial charge on any atom is -0.396 e. The van der Waals surface area contributed by atoms with E-state index in [2.05, 4.69) is 40.3 Å². The highest BCUT2D eigenvalue weighted by atomic mass is 16.5. The fraction of sp³-hybridized carbons (Fsp3) is 0.467. The highest BCUT2D eigenvalue weighted by Gasteiger charge is 2.04. The van der Waals surface area contributed by atoms with Gasteiger partial charge in [0.25, 0.3) is 0 Å². The number of aryl methyl sites for hydroxylation is 1. The maximum Gasteiger partial charge on any atom is 0.0587 e. The second-order valence-corrected chi connectivity index (χ2v) is 4.61. The molecule has 104 valence electrons. The van der Waals surface area contributed by atoms with Gasteiger partial charge in [0, 0.05) is 50.5 Å². The summed E-state index contributed by atoms with van der Waals surface area (Å²) in [6.45, 7) is 3.54. The van der Waals surface area contributed by atoms with Crippen molar-refractivity contribution in [3.63, 3.8) is 0 Å². The lowest BCUT2D eigenvalue weighted by Gasteiger charge is -2.08. The number of hydrogen-bond donors (Lipinski definition) is 2. The number of rotatable bonds is 8. The molecule has 4 heteroatoms. The van der Waals surface area contributed by atoms with Crippen LogP contribution in [0.5, 0.6) is 0 Å². The molecule has 0 aliphatic carbocycles. The zero-order chi connectivity index (χ0) is 13.5. The van der Waals surface area contributed by atoms with Crippen molar-refractivity contribution in [2.45, 2.75) is 19.5 Å². The van der Waals surface area contributed by atoms with Crippen molar-refractivity contribution in [1.82, 2.24) is 9.88 Å². The number of aliphatic hydroxyl groups is 1. The van der Waals surface area contributed by atoms with Gasteiger partial charge in [0.15, 0.2) is 0 Å². The summed E-state index contributed by atoms with van der Waals surface area (Å²) in [7, 11) is 1.71. The second-order valence-electron chi connectivity index (χ2n) is 4.61. The third-order valence-corrected chi connectivity index (χ3v) is 3.26. The first kappa shape index (κ1) is 14.1. The predicted octanol–water partition coefficient (Wildman–Crippen LogP) is 1.76. The predicted molar refractivity (Wildman–Crippen MR) is 77.2 cm³/mol. The second kappa shape index (κ2) is 7.28. The number of methoxy groups -OCH3 is 1. The molecular formula is C15H22N2O2. The summed E-state index contributed by atoms with van der Waals surface area (Å²) in [6.07, 6.45) is 2.89. The van der Waals surface area contributed by atoms with E-state index in [1.54, 1.807) is 7.11 Å². The molecule has 0 spiro atoms. The van der Waals surface area contributed by atoms with Crippen LogP contribution in [0.2, 0.25) is 0 Å². The summed E-state index contributed by atoms with van der Waals surface area (Å²) in [5.74, 6) is 0. The zero-order valence-electron chi connectivity index (χ0n) is 11.4. The molecular weight excluding hydrogens is 240 g/mol. The van der Waals surface area contributed by atoms with E-state index in [-0.39, 0.29) is 6.61 Å². The Labute approximate surface area is 114 Å². The van der Waals surface area contributed by atoms with Crippen LogP contribution in [-0.4, -0.2) is 36.5 Å². The molecule has 2 aromatic rings. The number of aromatic nitrogens is 1. The van der Waals surface area contributed by atoms with Crippen molar-refractivity contribution in [3.05, 3.63) is 36.0 Å². The van der Waals surface area contributed by atoms with Crippen LogP contribution in [0.15, 0.2) is 30.5 Å². The summed E-state index contributed by atoms with van der Waals surface area (Å²) in [5, 5.41) is 13.6. The molecule has 0 aliphatic rings. The lowest BCUT2D eigenvalue weighted by molar-refractivity contribution is 0.199. The normalized spacial score (nSPS) is 11.3. The number of nitrogens with zero attached hydrogens (tertiary/aromatic N) is 1. The Balaban J connectivity index is 2.09. The van der Waals surface area contributed by atoms with Crippen LogP contribution in [0.4, 0.5) is 0 Å². The molecule has 1 aromatic carbocycles. The monoisotopic (exact) mass is 262 g/mol. The van der Waals surface area contributed by atoms with Gasteiger partial charge in [0.2, 0.25) is 0 Å². The summed E-state index contributed by atoms with van der Waals surface area (Å²) in [5.41, 5.74) is 2.54. The van der Waals surface area contributed by atoms with E-state index in [1.807, 2.05) is 0 Å². The Bertz CT molecular complexity index is 508. The van der Waals surface area contributed by atoms with Crippen LogP contribution in [0.25, 0.3) is 10.9 Å². The molecule has 2 rings (SSSR count). The Morgan fingerprint density at radius 2 is 2.21 bits per heavy atom. The lowest BCUT2D eigenvalue weighted by Crippen LogP contribution is -2.18. The summed E-state index contributed by atoms with van der Waals surface area (Å²) in [6, 6.07) is 8.52. The molecule has 0 fully saturated rings. The number of benzene rings is 1. The van der Waals surface area contributed by atoms with E-state index in [0.29, 0.717) is 0 Å². The number of hydrogen-bond acceptors (Lipinski definition) is 3. The number of fused-ring (bicyclic) bond motifs is 1. The van der Waals surface area contributed by atoms with Gasteiger partial charge in [-0.1, -0.05) is 12.1 Å². The van der Waals surface area contributed by atoms with Crippen LogP contribution >= 0.6 is 0 Å². The first-order valence-corrected chi connectivity index (χ1v) is 6.74. The number of ether oxygens (including phenoxy) is 1. The smallest absolute Gasteiger partial charge is 0.0587 e. The molecule has 1 heterocycles. The molecule has 2 N–H and O–H groups in total. The van der Waals surface area contributed by atoms with E-state index < -0.39 is 0 Å². The largest absolute Gasteiger partial charge is 0.396 e. The average molecular weight is 262 g/mol. The minimum absolute atomic E-state index is 0.234. The number of aliphatic hydroxyl groups excluding tert-OH is 1. The molecule has 0 bridgehead atoms. The Morgan fingerprint density at radius 3 is 3.00 bits per heavy atom. The van der Waals surface area contributed by atoms with Crippen LogP contribution in [0, 0.1) is 0 Å². The lowest BCUT2D eigenvalue weighted by atomic mass is 10.1.